The van der Waals surface area contributed by atoms with Crippen LogP contribution in [0.25, 0.3) is 33.4 Å². The van der Waals surface area contributed by atoms with Gasteiger partial charge in [0, 0.05) is 73.0 Å². The fraction of sp³-hybridized carbons (Fsp3) is 0.246. The van der Waals surface area contributed by atoms with Crippen LogP contribution in [-0.2, 0) is 20.1 Å². The minimum atomic E-state index is -4.46. The Morgan fingerprint density at radius 3 is 1.97 bits per heavy atom. The van der Waals surface area contributed by atoms with Crippen molar-refractivity contribution in [1.29, 1.82) is 0 Å². The van der Waals surface area contributed by atoms with Gasteiger partial charge in [-0.1, -0.05) is 118 Å². The summed E-state index contributed by atoms with van der Waals surface area (Å²) in [4.78, 5) is 4.51. The molecule has 1 atom stereocenters. The zero-order chi connectivity index (χ0) is 49.6. The second-order valence-electron chi connectivity index (χ2n) is 17.8. The first kappa shape index (κ1) is 50.7. The van der Waals surface area contributed by atoms with E-state index >= 15 is 0 Å². The zero-order valence-corrected chi connectivity index (χ0v) is 43.7. The molecule has 13 heteroatoms. The molecular weight excluding hydrogens is 951 g/mol. The lowest BCUT2D eigenvalue weighted by molar-refractivity contribution is 0.444. The average Bonchev–Trinajstić information content (AvgIpc) is 3.35. The Bertz CT molecular complexity index is 3370. The first-order valence-corrected chi connectivity index (χ1v) is 28.5. The minimum Gasteiger partial charge on any atom is -0.456 e. The normalized spacial score (nSPS) is 12.9. The second-order valence-corrected chi connectivity index (χ2v) is 22.9. The molecule has 6 aromatic rings. The van der Waals surface area contributed by atoms with Crippen LogP contribution in [0.2, 0.25) is 0 Å². The van der Waals surface area contributed by atoms with Gasteiger partial charge in [0.25, 0.3) is 10.1 Å². The summed E-state index contributed by atoms with van der Waals surface area (Å²) < 4.78 is 76.1. The van der Waals surface area contributed by atoms with E-state index in [9.17, 15) is 21.4 Å². The van der Waals surface area contributed by atoms with Gasteiger partial charge in [-0.25, -0.2) is 13.1 Å². The zero-order valence-electron chi connectivity index (χ0n) is 40.5. The molecule has 2 N–H and O–H groups in total. The fourth-order valence-corrected chi connectivity index (χ4v) is 13.0. The van der Waals surface area contributed by atoms with Crippen LogP contribution in [0.1, 0.15) is 61.8 Å². The Kier molecular flexibility index (Phi) is 16.1. The number of aryl methyl sites for hydroxylation is 4. The smallest absolute Gasteiger partial charge is 0.294 e. The summed E-state index contributed by atoms with van der Waals surface area (Å²) in [6.07, 6.45) is 3.91. The van der Waals surface area contributed by atoms with Gasteiger partial charge in [0.15, 0.2) is 5.88 Å². The van der Waals surface area contributed by atoms with Gasteiger partial charge in [-0.15, -0.1) is 11.8 Å². The average molecular weight is 1010 g/mol. The predicted molar refractivity (Wildman–Crippen MR) is 290 cm³/mol. The molecule has 1 aliphatic carbocycles. The van der Waals surface area contributed by atoms with E-state index in [0.29, 0.717) is 46.3 Å². The van der Waals surface area contributed by atoms with Gasteiger partial charge in [-0.05, 0) is 112 Å². The molecule has 6 aromatic carbocycles. The maximum Gasteiger partial charge on any atom is 0.294 e. The van der Waals surface area contributed by atoms with E-state index in [1.54, 1.807) is 35.7 Å². The van der Waals surface area contributed by atoms with Crippen molar-refractivity contribution in [2.45, 2.75) is 86.8 Å². The Morgan fingerprint density at radius 1 is 0.686 bits per heavy atom. The van der Waals surface area contributed by atoms with Gasteiger partial charge >= 0.3 is 0 Å². The largest absolute Gasteiger partial charge is 0.456 e. The molecule has 9 nitrogen and oxygen atoms in total. The van der Waals surface area contributed by atoms with Crippen molar-refractivity contribution in [2.75, 3.05) is 23.2 Å². The summed E-state index contributed by atoms with van der Waals surface area (Å²) in [5.41, 5.74) is 8.93. The molecule has 0 radical (unpaired) electrons. The monoisotopic (exact) mass is 1010 g/mol. The number of rotatable bonds is 19. The molecule has 0 saturated carbocycles. The molecular formula is C57H60N3O6S4+. The van der Waals surface area contributed by atoms with E-state index < -0.39 is 20.1 Å². The molecule has 8 rings (SSSR count). The number of sulfonamides is 1. The number of fused-ring (bicyclic) bond motifs is 2. The summed E-state index contributed by atoms with van der Waals surface area (Å²) in [6.45, 7) is 12.5. The predicted octanol–water partition coefficient (Wildman–Crippen LogP) is 13.9. The van der Waals surface area contributed by atoms with E-state index in [2.05, 4.69) is 84.4 Å². The van der Waals surface area contributed by atoms with E-state index in [1.807, 2.05) is 98.8 Å². The molecule has 2 aliphatic rings. The standard InChI is InChI=1S/C57H59N3O6S4/c1-7-9-21-43(8-2)36-58-69(61,62)54-27-17-16-26-51(54)55-49-30-28-44(59(37-67-46-22-12-10-13-23-46)56-39(3)19-18-20-40(56)4)34-52(49)66-53-35-45(29-31-50(53)55)60(38-68-47-24-14-11-15-25-47)57-41(5)32-48(33-42(57)6)70(63,64)65/h10-20,22-35,43,58H,7-9,21,36-38H2,1-6H3/p+1. The Morgan fingerprint density at radius 2 is 1.33 bits per heavy atom. The number of nitrogens with one attached hydrogen (secondary N) is 1. The first-order chi connectivity index (χ1) is 33.7. The number of hydrogen-bond acceptors (Lipinski definition) is 8. The summed E-state index contributed by atoms with van der Waals surface area (Å²) in [5.74, 6) is 1.80. The number of unbranched alkanes of at least 4 members (excludes halogenated alkanes) is 1. The van der Waals surface area contributed by atoms with Gasteiger partial charge < -0.3 is 9.32 Å². The molecule has 0 fully saturated rings. The number of para-hydroxylation sites is 1. The molecule has 0 spiro atoms. The SMILES string of the molecule is CCCCC(CC)CNS(=O)(=O)c1ccccc1-c1c2cc/c(=[N+](/CSc3ccccc3)c3c(C)cc(S(=O)(=O)O)cc3C)cc-2oc2cc(N(CSc3ccccc3)c3c(C)cccc3C)ccc12. The molecule has 70 heavy (non-hydrogen) atoms. The number of benzene rings is 7. The van der Waals surface area contributed by atoms with Crippen molar-refractivity contribution in [3.8, 4) is 22.5 Å². The highest BCUT2D eigenvalue weighted by molar-refractivity contribution is 7.99. The highest BCUT2D eigenvalue weighted by Gasteiger charge is 2.28. The van der Waals surface area contributed by atoms with Crippen molar-refractivity contribution < 1.29 is 25.8 Å². The third-order valence-electron chi connectivity index (χ3n) is 12.8. The lowest BCUT2D eigenvalue weighted by Crippen LogP contribution is -2.29. The van der Waals surface area contributed by atoms with Gasteiger partial charge in [-0.3, -0.25) is 4.55 Å². The number of thioether (sulfide) groups is 2. The van der Waals surface area contributed by atoms with E-state index in [-0.39, 0.29) is 15.7 Å². The maximum absolute atomic E-state index is 14.6. The summed E-state index contributed by atoms with van der Waals surface area (Å²) in [6, 6.07) is 49.1. The van der Waals surface area contributed by atoms with Crippen LogP contribution in [0.15, 0.2) is 176 Å². The van der Waals surface area contributed by atoms with Crippen LogP contribution in [0.4, 0.5) is 17.1 Å². The second kappa shape index (κ2) is 22.2. The number of anilines is 2. The summed E-state index contributed by atoms with van der Waals surface area (Å²) >= 11 is 3.36. The van der Waals surface area contributed by atoms with Crippen molar-refractivity contribution in [1.82, 2.24) is 9.30 Å². The minimum absolute atomic E-state index is 0.172. The lowest BCUT2D eigenvalue weighted by atomic mass is 9.93. The molecule has 1 unspecified atom stereocenters. The van der Waals surface area contributed by atoms with E-state index in [4.69, 9.17) is 4.42 Å². The topological polar surface area (TPSA) is 120 Å². The van der Waals surface area contributed by atoms with Crippen LogP contribution in [0, 0.1) is 33.6 Å². The van der Waals surface area contributed by atoms with Crippen LogP contribution < -0.4 is 19.6 Å². The van der Waals surface area contributed by atoms with Crippen molar-refractivity contribution >= 4 is 71.7 Å². The summed E-state index contributed by atoms with van der Waals surface area (Å²) in [5, 5.41) is 1.52. The number of hydrogen-bond donors (Lipinski definition) is 2. The fourth-order valence-electron chi connectivity index (χ4n) is 9.22. The highest BCUT2D eigenvalue weighted by Crippen LogP contribution is 2.44. The van der Waals surface area contributed by atoms with Crippen LogP contribution in [-0.4, -0.2) is 39.7 Å². The highest BCUT2D eigenvalue weighted by atomic mass is 32.2. The van der Waals surface area contributed by atoms with Crippen LogP contribution in [0.5, 0.6) is 0 Å². The third-order valence-corrected chi connectivity index (χ3v) is 17.1. The van der Waals surface area contributed by atoms with Crippen LogP contribution >= 0.6 is 23.5 Å². The Hall–Kier alpha value is -5.67. The Labute approximate surface area is 421 Å². The molecule has 0 saturated heterocycles. The summed E-state index contributed by atoms with van der Waals surface area (Å²) in [7, 11) is -8.45. The van der Waals surface area contributed by atoms with Gasteiger partial charge in [0.1, 0.15) is 11.3 Å². The van der Waals surface area contributed by atoms with Crippen LogP contribution in [0.3, 0.4) is 0 Å². The molecule has 0 amide bonds. The quantitative estimate of drug-likeness (QED) is 0.0268. The molecule has 1 aliphatic heterocycles. The van der Waals surface area contributed by atoms with Gasteiger partial charge in [-0.2, -0.15) is 13.0 Å². The molecule has 0 bridgehead atoms. The van der Waals surface area contributed by atoms with Crippen molar-refractivity contribution in [2.24, 2.45) is 5.92 Å². The molecule has 0 aromatic heterocycles. The van der Waals surface area contributed by atoms with E-state index in [1.165, 1.54) is 12.1 Å². The van der Waals surface area contributed by atoms with E-state index in [0.717, 1.165) is 85.5 Å². The van der Waals surface area contributed by atoms with Crippen molar-refractivity contribution in [3.05, 3.63) is 179 Å². The first-order valence-electron chi connectivity index (χ1n) is 23.6. The molecule has 1 heterocycles. The van der Waals surface area contributed by atoms with Crippen molar-refractivity contribution in [3.63, 3.8) is 0 Å². The van der Waals surface area contributed by atoms with Gasteiger partial charge in [0.2, 0.25) is 21.1 Å². The van der Waals surface area contributed by atoms with Gasteiger partial charge in [0.05, 0.1) is 21.7 Å². The molecule has 362 valence electrons. The number of nitrogens with zero attached hydrogens (tertiary/aromatic N) is 2. The maximum atomic E-state index is 14.6. The lowest BCUT2D eigenvalue weighted by Gasteiger charge is -2.28. The third kappa shape index (κ3) is 11.4. The Balaban J connectivity index is 1.39.